The minimum absolute atomic E-state index is 0.367. The molecule has 0 unspecified atom stereocenters. The van der Waals surface area contributed by atoms with E-state index in [1.54, 1.807) is 6.33 Å². The first kappa shape index (κ1) is 16.5. The van der Waals surface area contributed by atoms with E-state index in [4.69, 9.17) is 10.5 Å². The average molecular weight is 418 g/mol. The molecule has 0 spiro atoms. The van der Waals surface area contributed by atoms with E-state index in [2.05, 4.69) is 55.8 Å². The second-order valence-electron chi connectivity index (χ2n) is 5.13. The fourth-order valence-corrected chi connectivity index (χ4v) is 3.41. The number of nitrogens with two attached hydrogens (primary N) is 1. The first-order valence-corrected chi connectivity index (χ1v) is 8.27. The first-order chi connectivity index (χ1) is 10.0. The molecule has 0 fully saturated rings. The highest BCUT2D eigenvalue weighted by Crippen LogP contribution is 2.35. The maximum Gasteiger partial charge on any atom is 0.164 e. The van der Waals surface area contributed by atoms with Gasteiger partial charge in [-0.05, 0) is 55.5 Å². The molecule has 0 atom stereocenters. The third-order valence-electron chi connectivity index (χ3n) is 2.87. The maximum absolute atomic E-state index is 5.88. The molecule has 1 heterocycles. The molecule has 1 aromatic carbocycles. The summed E-state index contributed by atoms with van der Waals surface area (Å²) in [5, 5.41) is 4.23. The highest BCUT2D eigenvalue weighted by molar-refractivity contribution is 9.11. The Kier molecular flexibility index (Phi) is 5.78. The van der Waals surface area contributed by atoms with Gasteiger partial charge in [0.2, 0.25) is 0 Å². The highest BCUT2D eigenvalue weighted by atomic mass is 79.9. The summed E-state index contributed by atoms with van der Waals surface area (Å²) in [6, 6.07) is 3.91. The Balaban J connectivity index is 2.12. The number of hydrogen-bond donors (Lipinski definition) is 1. The van der Waals surface area contributed by atoms with Gasteiger partial charge in [0.25, 0.3) is 0 Å². The molecule has 2 rings (SSSR count). The molecule has 1 aromatic heterocycles. The molecular weight excluding hydrogens is 400 g/mol. The van der Waals surface area contributed by atoms with Crippen molar-refractivity contribution in [1.29, 1.82) is 0 Å². The Morgan fingerprint density at radius 1 is 1.29 bits per heavy atom. The summed E-state index contributed by atoms with van der Waals surface area (Å²) in [7, 11) is 0. The smallest absolute Gasteiger partial charge is 0.164 e. The summed E-state index contributed by atoms with van der Waals surface area (Å²) >= 11 is 7.02. The molecular formula is C14H18Br2N4O. The van der Waals surface area contributed by atoms with Gasteiger partial charge in [0.1, 0.15) is 18.7 Å². The van der Waals surface area contributed by atoms with E-state index in [1.165, 1.54) is 0 Å². The summed E-state index contributed by atoms with van der Waals surface area (Å²) in [5.41, 5.74) is 6.68. The van der Waals surface area contributed by atoms with Gasteiger partial charge in [-0.2, -0.15) is 5.10 Å². The summed E-state index contributed by atoms with van der Waals surface area (Å²) in [4.78, 5) is 4.25. The van der Waals surface area contributed by atoms with Crippen LogP contribution in [0.4, 0.5) is 0 Å². The van der Waals surface area contributed by atoms with Crippen LogP contribution in [-0.4, -0.2) is 14.8 Å². The van der Waals surface area contributed by atoms with Crippen LogP contribution in [0.1, 0.15) is 25.2 Å². The number of benzene rings is 1. The molecule has 0 radical (unpaired) electrons. The number of nitrogens with zero attached hydrogens (tertiary/aromatic N) is 3. The van der Waals surface area contributed by atoms with Crippen molar-refractivity contribution in [2.24, 2.45) is 11.7 Å². The van der Waals surface area contributed by atoms with Gasteiger partial charge >= 0.3 is 0 Å². The lowest BCUT2D eigenvalue weighted by Crippen LogP contribution is -2.12. The molecule has 0 amide bonds. The highest BCUT2D eigenvalue weighted by Gasteiger charge is 2.12. The van der Waals surface area contributed by atoms with E-state index in [-0.39, 0.29) is 0 Å². The number of rotatable bonds is 6. The summed E-state index contributed by atoms with van der Waals surface area (Å²) in [6.45, 7) is 5.97. The second-order valence-corrected chi connectivity index (χ2v) is 6.84. The minimum Gasteiger partial charge on any atom is -0.483 e. The lowest BCUT2D eigenvalue weighted by Gasteiger charge is -2.13. The Bertz CT molecular complexity index is 590. The topological polar surface area (TPSA) is 66.0 Å². The summed E-state index contributed by atoms with van der Waals surface area (Å²) in [5.74, 6) is 2.06. The summed E-state index contributed by atoms with van der Waals surface area (Å²) < 4.78 is 9.49. The lowest BCUT2D eigenvalue weighted by atomic mass is 10.2. The third-order valence-corrected chi connectivity index (χ3v) is 4.05. The van der Waals surface area contributed by atoms with E-state index >= 15 is 0 Å². The normalized spacial score (nSPS) is 11.1. The van der Waals surface area contributed by atoms with E-state index in [0.29, 0.717) is 19.1 Å². The molecule has 2 aromatic rings. The molecule has 7 heteroatoms. The fraction of sp³-hybridized carbons (Fsp3) is 0.429. The van der Waals surface area contributed by atoms with Gasteiger partial charge < -0.3 is 10.5 Å². The Labute approximate surface area is 141 Å². The zero-order valence-corrected chi connectivity index (χ0v) is 15.2. The van der Waals surface area contributed by atoms with E-state index in [9.17, 15) is 0 Å². The van der Waals surface area contributed by atoms with Gasteiger partial charge in [-0.15, -0.1) is 0 Å². The number of halogens is 2. The largest absolute Gasteiger partial charge is 0.483 e. The van der Waals surface area contributed by atoms with Gasteiger partial charge in [-0.3, -0.25) is 0 Å². The molecule has 5 nitrogen and oxygen atoms in total. The molecule has 0 aliphatic rings. The van der Waals surface area contributed by atoms with Gasteiger partial charge in [0.05, 0.1) is 8.95 Å². The van der Waals surface area contributed by atoms with Gasteiger partial charge in [-0.25, -0.2) is 9.67 Å². The van der Waals surface area contributed by atoms with Crippen molar-refractivity contribution in [2.45, 2.75) is 33.5 Å². The first-order valence-electron chi connectivity index (χ1n) is 6.68. The van der Waals surface area contributed by atoms with Gasteiger partial charge in [-0.1, -0.05) is 13.8 Å². The number of hydrogen-bond acceptors (Lipinski definition) is 4. The van der Waals surface area contributed by atoms with Crippen LogP contribution in [-0.2, 0) is 19.7 Å². The van der Waals surface area contributed by atoms with Crippen LogP contribution >= 0.6 is 31.9 Å². The molecule has 21 heavy (non-hydrogen) atoms. The van der Waals surface area contributed by atoms with Crippen molar-refractivity contribution in [3.8, 4) is 5.75 Å². The monoisotopic (exact) mass is 416 g/mol. The molecule has 2 N–H and O–H groups in total. The molecule has 0 aliphatic carbocycles. The average Bonchev–Trinajstić information content (AvgIpc) is 2.84. The van der Waals surface area contributed by atoms with Crippen LogP contribution in [0, 0.1) is 5.92 Å². The zero-order chi connectivity index (χ0) is 15.4. The van der Waals surface area contributed by atoms with Crippen molar-refractivity contribution in [1.82, 2.24) is 14.8 Å². The van der Waals surface area contributed by atoms with Crippen molar-refractivity contribution in [2.75, 3.05) is 0 Å². The van der Waals surface area contributed by atoms with Crippen molar-refractivity contribution >= 4 is 31.9 Å². The van der Waals surface area contributed by atoms with Gasteiger partial charge in [0, 0.05) is 13.1 Å². The van der Waals surface area contributed by atoms with Crippen LogP contribution < -0.4 is 10.5 Å². The standard InChI is InChI=1S/C14H18Br2N4O/c1-9(2)6-20-13(18-8-19-20)7-21-14-11(15)3-10(5-17)4-12(14)16/h3-4,8-9H,5-7,17H2,1-2H3. The van der Waals surface area contributed by atoms with Gasteiger partial charge in [0.15, 0.2) is 5.82 Å². The zero-order valence-electron chi connectivity index (χ0n) is 12.0. The van der Waals surface area contributed by atoms with Crippen LogP contribution in [0.25, 0.3) is 0 Å². The SMILES string of the molecule is CC(C)Cn1ncnc1COc1c(Br)cc(CN)cc1Br. The molecule has 0 bridgehead atoms. The lowest BCUT2D eigenvalue weighted by molar-refractivity contribution is 0.279. The Morgan fingerprint density at radius 2 is 1.95 bits per heavy atom. The predicted octanol–water partition coefficient (Wildman–Crippen LogP) is 3.50. The predicted molar refractivity (Wildman–Crippen MR) is 88.9 cm³/mol. The van der Waals surface area contributed by atoms with Crippen molar-refractivity contribution in [3.63, 3.8) is 0 Å². The van der Waals surface area contributed by atoms with Crippen LogP contribution in [0.5, 0.6) is 5.75 Å². The maximum atomic E-state index is 5.88. The van der Waals surface area contributed by atoms with Crippen molar-refractivity contribution < 1.29 is 4.74 Å². The molecule has 0 saturated carbocycles. The molecule has 0 aliphatic heterocycles. The summed E-state index contributed by atoms with van der Waals surface area (Å²) in [6.07, 6.45) is 1.56. The minimum atomic E-state index is 0.367. The number of aromatic nitrogens is 3. The van der Waals surface area contributed by atoms with E-state index in [0.717, 1.165) is 32.6 Å². The van der Waals surface area contributed by atoms with Crippen LogP contribution in [0.3, 0.4) is 0 Å². The van der Waals surface area contributed by atoms with Crippen molar-refractivity contribution in [3.05, 3.63) is 38.8 Å². The van der Waals surface area contributed by atoms with E-state index < -0.39 is 0 Å². The number of ether oxygens (including phenoxy) is 1. The van der Waals surface area contributed by atoms with E-state index in [1.807, 2.05) is 16.8 Å². The Hall–Kier alpha value is -0.920. The fourth-order valence-electron chi connectivity index (χ4n) is 1.90. The van der Waals surface area contributed by atoms with Crippen LogP contribution in [0.15, 0.2) is 27.4 Å². The second kappa shape index (κ2) is 7.38. The Morgan fingerprint density at radius 3 is 2.52 bits per heavy atom. The molecule has 0 saturated heterocycles. The van der Waals surface area contributed by atoms with Crippen LogP contribution in [0.2, 0.25) is 0 Å². The molecule has 114 valence electrons. The third kappa shape index (κ3) is 4.28. The quantitative estimate of drug-likeness (QED) is 0.780.